The molecule has 4 nitrogen and oxygen atoms in total. The van der Waals surface area contributed by atoms with E-state index in [1.165, 1.54) is 19.4 Å². The van der Waals surface area contributed by atoms with Gasteiger partial charge in [-0.2, -0.15) is 5.10 Å². The molecular weight excluding hydrogens is 176 g/mol. The third-order valence-electron chi connectivity index (χ3n) is 3.03. The van der Waals surface area contributed by atoms with Gasteiger partial charge in [-0.15, -0.1) is 0 Å². The predicted octanol–water partition coefficient (Wildman–Crippen LogP) is 1.22. The molecule has 0 amide bonds. The van der Waals surface area contributed by atoms with E-state index < -0.39 is 0 Å². The van der Waals surface area contributed by atoms with Crippen LogP contribution in [0.3, 0.4) is 0 Å². The Morgan fingerprint density at radius 2 is 2.57 bits per heavy atom. The highest BCUT2D eigenvalue weighted by atomic mass is 15.2. The molecular formula is C10H18N4. The van der Waals surface area contributed by atoms with Gasteiger partial charge in [-0.3, -0.25) is 5.10 Å². The van der Waals surface area contributed by atoms with Crippen molar-refractivity contribution in [3.63, 3.8) is 0 Å². The SMILES string of the molecule is Cc1[nH]ncc1NC[C@@H]1CCCN1C. The van der Waals surface area contributed by atoms with Crippen LogP contribution in [0, 0.1) is 6.92 Å². The number of anilines is 1. The molecule has 4 heteroatoms. The fourth-order valence-electron chi connectivity index (χ4n) is 1.99. The standard InChI is InChI=1S/C10H18N4/c1-8-10(7-12-13-8)11-6-9-4-3-5-14(9)2/h7,9,11H,3-6H2,1-2H3,(H,12,13)/t9-/m0/s1. The van der Waals surface area contributed by atoms with E-state index in [9.17, 15) is 0 Å². The molecule has 0 radical (unpaired) electrons. The Labute approximate surface area is 84.7 Å². The van der Waals surface area contributed by atoms with E-state index in [1.54, 1.807) is 0 Å². The number of nitrogens with zero attached hydrogens (tertiary/aromatic N) is 2. The Kier molecular flexibility index (Phi) is 2.72. The van der Waals surface area contributed by atoms with Crippen molar-refractivity contribution < 1.29 is 0 Å². The van der Waals surface area contributed by atoms with E-state index >= 15 is 0 Å². The summed E-state index contributed by atoms with van der Waals surface area (Å²) in [6.45, 7) is 4.29. The monoisotopic (exact) mass is 194 g/mol. The quantitative estimate of drug-likeness (QED) is 0.760. The van der Waals surface area contributed by atoms with Crippen LogP contribution in [0.2, 0.25) is 0 Å². The lowest BCUT2D eigenvalue weighted by Gasteiger charge is -2.19. The summed E-state index contributed by atoms with van der Waals surface area (Å²) in [4.78, 5) is 2.42. The zero-order chi connectivity index (χ0) is 9.97. The van der Waals surface area contributed by atoms with Gasteiger partial charge in [0.05, 0.1) is 17.6 Å². The van der Waals surface area contributed by atoms with Crippen molar-refractivity contribution >= 4 is 5.69 Å². The molecule has 0 unspecified atom stereocenters. The van der Waals surface area contributed by atoms with E-state index in [0.29, 0.717) is 6.04 Å². The number of aryl methyl sites for hydroxylation is 1. The first kappa shape index (κ1) is 9.52. The number of hydrogen-bond donors (Lipinski definition) is 2. The highest BCUT2D eigenvalue weighted by molar-refractivity contribution is 5.45. The number of likely N-dealkylation sites (N-methyl/N-ethyl adjacent to an activating group) is 1. The van der Waals surface area contributed by atoms with E-state index in [-0.39, 0.29) is 0 Å². The Morgan fingerprint density at radius 3 is 3.14 bits per heavy atom. The minimum Gasteiger partial charge on any atom is -0.381 e. The third-order valence-corrected chi connectivity index (χ3v) is 3.03. The first-order valence-corrected chi connectivity index (χ1v) is 5.21. The normalized spacial score (nSPS) is 22.9. The molecule has 1 aliphatic rings. The highest BCUT2D eigenvalue weighted by Gasteiger charge is 2.20. The first-order chi connectivity index (χ1) is 6.77. The van der Waals surface area contributed by atoms with Crippen LogP contribution in [0.25, 0.3) is 0 Å². The summed E-state index contributed by atoms with van der Waals surface area (Å²) in [5.74, 6) is 0. The van der Waals surface area contributed by atoms with E-state index in [2.05, 4.69) is 27.5 Å². The number of nitrogens with one attached hydrogen (secondary N) is 2. The summed E-state index contributed by atoms with van der Waals surface area (Å²) >= 11 is 0. The largest absolute Gasteiger partial charge is 0.381 e. The number of hydrogen-bond acceptors (Lipinski definition) is 3. The van der Waals surface area contributed by atoms with Crippen LogP contribution < -0.4 is 5.32 Å². The topological polar surface area (TPSA) is 44.0 Å². The Hall–Kier alpha value is -1.03. The van der Waals surface area contributed by atoms with Crippen molar-refractivity contribution in [3.8, 4) is 0 Å². The second-order valence-corrected chi connectivity index (χ2v) is 4.07. The average molecular weight is 194 g/mol. The zero-order valence-electron chi connectivity index (χ0n) is 8.88. The van der Waals surface area contributed by atoms with Crippen LogP contribution >= 0.6 is 0 Å². The fraction of sp³-hybridized carbons (Fsp3) is 0.700. The molecule has 1 aromatic rings. The summed E-state index contributed by atoms with van der Waals surface area (Å²) in [6, 6.07) is 0.685. The van der Waals surface area contributed by atoms with Crippen molar-refractivity contribution in [2.24, 2.45) is 0 Å². The van der Waals surface area contributed by atoms with Crippen molar-refractivity contribution in [1.82, 2.24) is 15.1 Å². The lowest BCUT2D eigenvalue weighted by molar-refractivity contribution is 0.322. The maximum Gasteiger partial charge on any atom is 0.0754 e. The number of rotatable bonds is 3. The molecule has 1 fully saturated rings. The minimum absolute atomic E-state index is 0.685. The number of likely N-dealkylation sites (tertiary alicyclic amines) is 1. The third kappa shape index (κ3) is 1.90. The molecule has 0 spiro atoms. The molecule has 0 saturated carbocycles. The molecule has 1 saturated heterocycles. The van der Waals surface area contributed by atoms with Crippen LogP contribution in [0.15, 0.2) is 6.20 Å². The van der Waals surface area contributed by atoms with Gasteiger partial charge in [-0.1, -0.05) is 0 Å². The van der Waals surface area contributed by atoms with Gasteiger partial charge in [0.15, 0.2) is 0 Å². The minimum atomic E-state index is 0.685. The molecule has 1 atom stereocenters. The summed E-state index contributed by atoms with van der Waals surface area (Å²) in [5, 5.41) is 10.3. The molecule has 2 rings (SSSR count). The second-order valence-electron chi connectivity index (χ2n) is 4.07. The fourth-order valence-corrected chi connectivity index (χ4v) is 1.99. The van der Waals surface area contributed by atoms with E-state index in [1.807, 2.05) is 13.1 Å². The molecule has 78 valence electrons. The van der Waals surface area contributed by atoms with Gasteiger partial charge in [-0.25, -0.2) is 0 Å². The lowest BCUT2D eigenvalue weighted by atomic mass is 10.2. The first-order valence-electron chi connectivity index (χ1n) is 5.21. The zero-order valence-corrected chi connectivity index (χ0v) is 8.88. The summed E-state index contributed by atoms with van der Waals surface area (Å²) in [6.07, 6.45) is 4.48. The molecule has 0 aromatic carbocycles. The molecule has 0 bridgehead atoms. The number of aromatic nitrogens is 2. The van der Waals surface area contributed by atoms with Gasteiger partial charge in [0, 0.05) is 12.6 Å². The number of H-pyrrole nitrogens is 1. The van der Waals surface area contributed by atoms with Gasteiger partial charge in [0.25, 0.3) is 0 Å². The van der Waals surface area contributed by atoms with Gasteiger partial charge < -0.3 is 10.2 Å². The number of aromatic amines is 1. The highest BCUT2D eigenvalue weighted by Crippen LogP contribution is 2.16. The Bertz CT molecular complexity index is 294. The van der Waals surface area contributed by atoms with Gasteiger partial charge in [-0.05, 0) is 33.4 Å². The lowest BCUT2D eigenvalue weighted by Crippen LogP contribution is -2.31. The van der Waals surface area contributed by atoms with Crippen LogP contribution in [-0.4, -0.2) is 41.3 Å². The summed E-state index contributed by atoms with van der Waals surface area (Å²) in [7, 11) is 2.20. The second kappa shape index (κ2) is 4.00. The van der Waals surface area contributed by atoms with Gasteiger partial charge >= 0.3 is 0 Å². The molecule has 2 heterocycles. The smallest absolute Gasteiger partial charge is 0.0754 e. The molecule has 1 aliphatic heterocycles. The van der Waals surface area contributed by atoms with Crippen LogP contribution in [0.1, 0.15) is 18.5 Å². The predicted molar refractivity (Wildman–Crippen MR) is 57.5 cm³/mol. The summed E-state index contributed by atoms with van der Waals surface area (Å²) < 4.78 is 0. The van der Waals surface area contributed by atoms with Gasteiger partial charge in [0.1, 0.15) is 0 Å². The van der Waals surface area contributed by atoms with Crippen LogP contribution in [-0.2, 0) is 0 Å². The summed E-state index contributed by atoms with van der Waals surface area (Å²) in [5.41, 5.74) is 2.25. The molecule has 14 heavy (non-hydrogen) atoms. The van der Waals surface area contributed by atoms with Crippen molar-refractivity contribution in [2.45, 2.75) is 25.8 Å². The maximum atomic E-state index is 3.98. The molecule has 1 aromatic heterocycles. The molecule has 0 aliphatic carbocycles. The van der Waals surface area contributed by atoms with E-state index in [4.69, 9.17) is 0 Å². The Morgan fingerprint density at radius 1 is 1.71 bits per heavy atom. The maximum absolute atomic E-state index is 3.98. The van der Waals surface area contributed by atoms with Crippen molar-refractivity contribution in [3.05, 3.63) is 11.9 Å². The van der Waals surface area contributed by atoms with Crippen molar-refractivity contribution in [1.29, 1.82) is 0 Å². The van der Waals surface area contributed by atoms with Crippen molar-refractivity contribution in [2.75, 3.05) is 25.5 Å². The van der Waals surface area contributed by atoms with E-state index in [0.717, 1.165) is 17.9 Å². The van der Waals surface area contributed by atoms with Crippen LogP contribution in [0.4, 0.5) is 5.69 Å². The van der Waals surface area contributed by atoms with Gasteiger partial charge in [0.2, 0.25) is 0 Å². The average Bonchev–Trinajstić information content (AvgIpc) is 2.72. The Balaban J connectivity index is 1.85. The van der Waals surface area contributed by atoms with Crippen LogP contribution in [0.5, 0.6) is 0 Å². The molecule has 2 N–H and O–H groups in total.